The van der Waals surface area contributed by atoms with Crippen molar-refractivity contribution in [2.45, 2.75) is 60.0 Å². The van der Waals surface area contributed by atoms with Gasteiger partial charge in [0.15, 0.2) is 0 Å². The summed E-state index contributed by atoms with van der Waals surface area (Å²) in [6.07, 6.45) is 1.64. The number of carbonyl (C=O) groups is 2. The summed E-state index contributed by atoms with van der Waals surface area (Å²) >= 11 is 0. The first-order valence-electron chi connectivity index (χ1n) is 11.6. The van der Waals surface area contributed by atoms with E-state index in [4.69, 9.17) is 0 Å². The van der Waals surface area contributed by atoms with Crippen molar-refractivity contribution < 1.29 is 18.0 Å². The highest BCUT2D eigenvalue weighted by atomic mass is 32.2. The van der Waals surface area contributed by atoms with Crippen LogP contribution in [0.4, 0.5) is 5.69 Å². The third-order valence-electron chi connectivity index (χ3n) is 6.05. The number of benzene rings is 2. The van der Waals surface area contributed by atoms with E-state index in [1.165, 1.54) is 10.6 Å². The molecule has 0 saturated carbocycles. The quantitative estimate of drug-likeness (QED) is 0.523. The Balaban J connectivity index is 2.18. The molecule has 1 unspecified atom stereocenters. The number of anilines is 1. The minimum atomic E-state index is -3.51. The molecule has 34 heavy (non-hydrogen) atoms. The summed E-state index contributed by atoms with van der Waals surface area (Å²) < 4.78 is 26.3. The van der Waals surface area contributed by atoms with Crippen LogP contribution in [0.25, 0.3) is 0 Å². The average Bonchev–Trinajstić information content (AvgIpc) is 2.77. The molecule has 1 atom stereocenters. The molecule has 2 aromatic carbocycles. The molecule has 0 aliphatic heterocycles. The fourth-order valence-corrected chi connectivity index (χ4v) is 4.72. The van der Waals surface area contributed by atoms with Gasteiger partial charge >= 0.3 is 0 Å². The van der Waals surface area contributed by atoms with Gasteiger partial charge in [-0.25, -0.2) is 8.42 Å². The summed E-state index contributed by atoms with van der Waals surface area (Å²) in [6, 6.07) is 12.7. The van der Waals surface area contributed by atoms with E-state index in [0.717, 1.165) is 22.3 Å². The molecule has 0 aliphatic carbocycles. The molecular formula is C26H37N3O4S. The molecule has 0 bridgehead atoms. The van der Waals surface area contributed by atoms with E-state index in [9.17, 15) is 18.0 Å². The van der Waals surface area contributed by atoms with Crippen molar-refractivity contribution in [1.82, 2.24) is 10.2 Å². The number of aryl methyl sites for hydroxylation is 3. The van der Waals surface area contributed by atoms with Gasteiger partial charge in [-0.2, -0.15) is 0 Å². The highest BCUT2D eigenvalue weighted by Crippen LogP contribution is 2.22. The number of nitrogens with one attached hydrogen (secondary N) is 1. The second kappa shape index (κ2) is 12.0. The molecule has 8 heteroatoms. The summed E-state index contributed by atoms with van der Waals surface area (Å²) in [5, 5.41) is 2.79. The van der Waals surface area contributed by atoms with Gasteiger partial charge in [0.1, 0.15) is 6.04 Å². The van der Waals surface area contributed by atoms with Gasteiger partial charge < -0.3 is 10.2 Å². The van der Waals surface area contributed by atoms with Crippen LogP contribution >= 0.6 is 0 Å². The van der Waals surface area contributed by atoms with Crippen LogP contribution in [0.5, 0.6) is 0 Å². The molecule has 0 radical (unpaired) electrons. The van der Waals surface area contributed by atoms with Gasteiger partial charge in [0.2, 0.25) is 21.8 Å². The highest BCUT2D eigenvalue weighted by molar-refractivity contribution is 7.92. The second-order valence-corrected chi connectivity index (χ2v) is 10.6. The van der Waals surface area contributed by atoms with Crippen LogP contribution in [0, 0.1) is 20.8 Å². The van der Waals surface area contributed by atoms with Crippen LogP contribution in [-0.2, 0) is 26.2 Å². The van der Waals surface area contributed by atoms with Gasteiger partial charge in [0.25, 0.3) is 0 Å². The summed E-state index contributed by atoms with van der Waals surface area (Å²) in [5.74, 6) is -0.395. The van der Waals surface area contributed by atoms with Crippen molar-refractivity contribution in [2.75, 3.05) is 23.7 Å². The van der Waals surface area contributed by atoms with Gasteiger partial charge in [-0.3, -0.25) is 13.9 Å². The van der Waals surface area contributed by atoms with Crippen molar-refractivity contribution >= 4 is 27.5 Å². The van der Waals surface area contributed by atoms with Crippen molar-refractivity contribution in [1.29, 1.82) is 0 Å². The third kappa shape index (κ3) is 7.32. The van der Waals surface area contributed by atoms with E-state index in [1.807, 2.05) is 64.1 Å². The van der Waals surface area contributed by atoms with E-state index < -0.39 is 16.1 Å². The van der Waals surface area contributed by atoms with Gasteiger partial charge in [-0.05, 0) is 75.4 Å². The minimum Gasteiger partial charge on any atom is -0.355 e. The molecule has 0 aliphatic rings. The molecule has 0 fully saturated rings. The predicted octanol–water partition coefficient (Wildman–Crippen LogP) is 3.71. The molecule has 0 heterocycles. The number of hydrogen-bond acceptors (Lipinski definition) is 4. The Bertz CT molecular complexity index is 1110. The summed E-state index contributed by atoms with van der Waals surface area (Å²) in [4.78, 5) is 27.4. The summed E-state index contributed by atoms with van der Waals surface area (Å²) in [7, 11) is -3.51. The van der Waals surface area contributed by atoms with Crippen LogP contribution in [-0.4, -0.2) is 50.5 Å². The number of nitrogens with zero attached hydrogens (tertiary/aromatic N) is 2. The first kappa shape index (κ1) is 27.4. The molecule has 0 spiro atoms. The molecule has 186 valence electrons. The first-order valence-corrected chi connectivity index (χ1v) is 13.5. The van der Waals surface area contributed by atoms with Gasteiger partial charge in [-0.15, -0.1) is 0 Å². The zero-order valence-corrected chi connectivity index (χ0v) is 21.9. The number of sulfonamides is 1. The van der Waals surface area contributed by atoms with Gasteiger partial charge in [0.05, 0.1) is 11.9 Å². The Labute approximate surface area is 204 Å². The smallest absolute Gasteiger partial charge is 0.242 e. The minimum absolute atomic E-state index is 0.131. The molecule has 1 N–H and O–H groups in total. The SMILES string of the molecule is CCNC(=O)C(C)N(Cc1ccccc1C)C(=O)CCCN(c1ccc(C)c(C)c1)S(C)(=O)=O. The molecule has 0 aromatic heterocycles. The number of carbonyl (C=O) groups excluding carboxylic acids is 2. The average molecular weight is 488 g/mol. The standard InChI is InChI=1S/C26H37N3O4S/c1-7-27-26(31)22(5)28(18-23-12-9-8-11-20(23)3)25(30)13-10-16-29(34(6,32)33)24-15-14-19(2)21(4)17-24/h8-9,11-12,14-15,17,22H,7,10,13,16,18H2,1-6H3,(H,27,31). The topological polar surface area (TPSA) is 86.8 Å². The number of hydrogen-bond donors (Lipinski definition) is 1. The Kier molecular flexibility index (Phi) is 9.67. The summed E-state index contributed by atoms with van der Waals surface area (Å²) in [5.41, 5.74) is 4.69. The maximum Gasteiger partial charge on any atom is 0.242 e. The van der Waals surface area contributed by atoms with Crippen LogP contribution < -0.4 is 9.62 Å². The lowest BCUT2D eigenvalue weighted by molar-refractivity contribution is -0.140. The van der Waals surface area contributed by atoms with E-state index in [1.54, 1.807) is 17.9 Å². The van der Waals surface area contributed by atoms with Crippen molar-refractivity contribution in [3.63, 3.8) is 0 Å². The van der Waals surface area contributed by atoms with E-state index in [0.29, 0.717) is 25.2 Å². The highest BCUT2D eigenvalue weighted by Gasteiger charge is 2.26. The van der Waals surface area contributed by atoms with Crippen LogP contribution in [0.15, 0.2) is 42.5 Å². The normalized spacial score (nSPS) is 12.2. The first-order chi connectivity index (χ1) is 16.0. The lowest BCUT2D eigenvalue weighted by Crippen LogP contribution is -2.47. The third-order valence-corrected chi connectivity index (χ3v) is 7.24. The number of rotatable bonds is 11. The van der Waals surface area contributed by atoms with Crippen molar-refractivity contribution in [2.24, 2.45) is 0 Å². The number of likely N-dealkylation sites (N-methyl/N-ethyl adjacent to an activating group) is 1. The Morgan fingerprint density at radius 1 is 1.00 bits per heavy atom. The monoisotopic (exact) mass is 487 g/mol. The molecular weight excluding hydrogens is 450 g/mol. The molecule has 7 nitrogen and oxygen atoms in total. The van der Waals surface area contributed by atoms with Crippen LogP contribution in [0.2, 0.25) is 0 Å². The molecule has 2 aromatic rings. The maximum atomic E-state index is 13.3. The second-order valence-electron chi connectivity index (χ2n) is 8.73. The van der Waals surface area contributed by atoms with Crippen molar-refractivity contribution in [3.8, 4) is 0 Å². The van der Waals surface area contributed by atoms with E-state index in [2.05, 4.69) is 5.32 Å². The molecule has 2 amide bonds. The zero-order valence-electron chi connectivity index (χ0n) is 21.1. The molecule has 2 rings (SSSR count). The summed E-state index contributed by atoms with van der Waals surface area (Å²) in [6.45, 7) is 10.4. The largest absolute Gasteiger partial charge is 0.355 e. The van der Waals surface area contributed by atoms with Crippen molar-refractivity contribution in [3.05, 3.63) is 64.7 Å². The van der Waals surface area contributed by atoms with E-state index in [-0.39, 0.29) is 24.8 Å². The number of amides is 2. The maximum absolute atomic E-state index is 13.3. The Hall–Kier alpha value is -2.87. The Morgan fingerprint density at radius 2 is 1.68 bits per heavy atom. The van der Waals surface area contributed by atoms with E-state index >= 15 is 0 Å². The Morgan fingerprint density at radius 3 is 2.26 bits per heavy atom. The van der Waals surface area contributed by atoms with Crippen LogP contribution in [0.3, 0.4) is 0 Å². The van der Waals surface area contributed by atoms with Gasteiger partial charge in [-0.1, -0.05) is 30.3 Å². The van der Waals surface area contributed by atoms with Gasteiger partial charge in [0, 0.05) is 26.1 Å². The lowest BCUT2D eigenvalue weighted by atomic mass is 10.1. The van der Waals surface area contributed by atoms with Crippen LogP contribution in [0.1, 0.15) is 48.9 Å². The predicted molar refractivity (Wildman–Crippen MR) is 137 cm³/mol. The fourth-order valence-electron chi connectivity index (χ4n) is 3.76. The fraction of sp³-hybridized carbons (Fsp3) is 0.462. The lowest BCUT2D eigenvalue weighted by Gasteiger charge is -2.30. The zero-order chi connectivity index (χ0) is 25.5. The molecule has 0 saturated heterocycles.